The van der Waals surface area contributed by atoms with Crippen molar-refractivity contribution in [3.8, 4) is 0 Å². The van der Waals surface area contributed by atoms with Gasteiger partial charge in [-0.15, -0.1) is 0 Å². The fraction of sp³-hybridized carbons (Fsp3) is 0.360. The third-order valence-electron chi connectivity index (χ3n) is 6.13. The summed E-state index contributed by atoms with van der Waals surface area (Å²) in [4.78, 5) is 25.9. The van der Waals surface area contributed by atoms with Crippen LogP contribution in [0.4, 0.5) is 8.78 Å². The van der Waals surface area contributed by atoms with Crippen molar-refractivity contribution < 1.29 is 27.8 Å². The molecule has 0 aliphatic carbocycles. The third-order valence-corrected chi connectivity index (χ3v) is 6.13. The van der Waals surface area contributed by atoms with E-state index in [2.05, 4.69) is 5.32 Å². The summed E-state index contributed by atoms with van der Waals surface area (Å²) in [7, 11) is 3.01. The fourth-order valence-corrected chi connectivity index (χ4v) is 4.55. The molecule has 4 rings (SSSR count). The molecule has 3 heterocycles. The topological polar surface area (TPSA) is 72.8 Å². The maximum Gasteiger partial charge on any atom is 0.418 e. The lowest BCUT2D eigenvalue weighted by Gasteiger charge is -2.39. The quantitative estimate of drug-likeness (QED) is 0.485. The maximum atomic E-state index is 15.4. The lowest BCUT2D eigenvalue weighted by Crippen LogP contribution is -2.48. The number of allylic oxidation sites excluding steroid dienone is 1. The molecule has 0 radical (unpaired) electrons. The average molecular weight is 472 g/mol. The van der Waals surface area contributed by atoms with E-state index in [4.69, 9.17) is 9.47 Å². The number of aromatic nitrogens is 1. The van der Waals surface area contributed by atoms with E-state index in [9.17, 15) is 9.59 Å². The second kappa shape index (κ2) is 9.15. The van der Waals surface area contributed by atoms with Crippen LogP contribution in [0.3, 0.4) is 0 Å². The van der Waals surface area contributed by atoms with Crippen LogP contribution < -0.4 is 5.32 Å². The Morgan fingerprint density at radius 3 is 2.44 bits per heavy atom. The van der Waals surface area contributed by atoms with E-state index in [1.165, 1.54) is 14.2 Å². The summed E-state index contributed by atoms with van der Waals surface area (Å²) in [6, 6.07) is 9.24. The standard InChI is InChI=1S/C25H27F2N3O4/c1-15-13-16(2)29-21(15)14-20-10-9-19(30(20)25(29,26)27)11-12-22(31)28-23(32)17-5-7-18(8-6-17)24(33-3)34-4/h5-10,13-14,16,24H,11-12H2,1-4H3,(H,28,31,32). The van der Waals surface area contributed by atoms with Gasteiger partial charge in [0.25, 0.3) is 5.91 Å². The Kier molecular flexibility index (Phi) is 6.42. The van der Waals surface area contributed by atoms with Crippen molar-refractivity contribution in [1.82, 2.24) is 14.8 Å². The molecule has 1 aromatic heterocycles. The highest BCUT2D eigenvalue weighted by molar-refractivity contribution is 6.04. The van der Waals surface area contributed by atoms with Gasteiger partial charge in [0.2, 0.25) is 5.91 Å². The predicted molar refractivity (Wildman–Crippen MR) is 122 cm³/mol. The van der Waals surface area contributed by atoms with Crippen LogP contribution in [0.2, 0.25) is 0 Å². The molecule has 9 heteroatoms. The molecule has 2 amide bonds. The second-order valence-corrected chi connectivity index (χ2v) is 8.39. The lowest BCUT2D eigenvalue weighted by atomic mass is 10.1. The van der Waals surface area contributed by atoms with Crippen LogP contribution in [0.25, 0.3) is 6.08 Å². The molecule has 0 bridgehead atoms. The summed E-state index contributed by atoms with van der Waals surface area (Å²) in [6.45, 7) is 3.54. The number of carbonyl (C=O) groups is 2. The van der Waals surface area contributed by atoms with Crippen LogP contribution in [0.1, 0.15) is 53.9 Å². The first-order chi connectivity index (χ1) is 16.2. The average Bonchev–Trinajstić information content (AvgIpc) is 3.35. The number of imide groups is 1. The minimum Gasteiger partial charge on any atom is -0.352 e. The van der Waals surface area contributed by atoms with E-state index in [-0.39, 0.29) is 12.8 Å². The first-order valence-corrected chi connectivity index (χ1v) is 11.0. The number of halogens is 2. The van der Waals surface area contributed by atoms with Crippen LogP contribution in [0.15, 0.2) is 53.7 Å². The highest BCUT2D eigenvalue weighted by Crippen LogP contribution is 2.45. The molecule has 1 unspecified atom stereocenters. The van der Waals surface area contributed by atoms with Crippen LogP contribution in [-0.2, 0) is 26.9 Å². The monoisotopic (exact) mass is 471 g/mol. The number of hydrogen-bond donors (Lipinski definition) is 1. The highest BCUT2D eigenvalue weighted by Gasteiger charge is 2.49. The van der Waals surface area contributed by atoms with E-state index in [1.807, 2.05) is 13.0 Å². The van der Waals surface area contributed by atoms with Crippen molar-refractivity contribution in [2.45, 2.75) is 45.2 Å². The van der Waals surface area contributed by atoms with Gasteiger partial charge in [-0.05, 0) is 56.2 Å². The first-order valence-electron chi connectivity index (χ1n) is 11.0. The third kappa shape index (κ3) is 4.17. The van der Waals surface area contributed by atoms with Gasteiger partial charge in [0, 0.05) is 43.2 Å². The molecule has 0 fully saturated rings. The molecule has 0 saturated carbocycles. The van der Waals surface area contributed by atoms with Gasteiger partial charge in [0.15, 0.2) is 6.29 Å². The molecule has 1 atom stereocenters. The molecular weight excluding hydrogens is 444 g/mol. The predicted octanol–water partition coefficient (Wildman–Crippen LogP) is 4.18. The van der Waals surface area contributed by atoms with E-state index in [0.717, 1.165) is 20.6 Å². The van der Waals surface area contributed by atoms with Crippen molar-refractivity contribution in [2.75, 3.05) is 14.2 Å². The number of aryl methyl sites for hydroxylation is 1. The van der Waals surface area contributed by atoms with Gasteiger partial charge in [0.05, 0.1) is 11.7 Å². The number of alkyl halides is 2. The smallest absolute Gasteiger partial charge is 0.352 e. The Bertz CT molecular complexity index is 1160. The summed E-state index contributed by atoms with van der Waals surface area (Å²) in [5.41, 5.74) is 3.04. The Morgan fingerprint density at radius 1 is 1.12 bits per heavy atom. The lowest BCUT2D eigenvalue weighted by molar-refractivity contribution is -0.207. The molecule has 34 heavy (non-hydrogen) atoms. The van der Waals surface area contributed by atoms with E-state index in [0.29, 0.717) is 22.6 Å². The summed E-state index contributed by atoms with van der Waals surface area (Å²) in [6.07, 6.45) is -0.318. The molecule has 180 valence electrons. The summed E-state index contributed by atoms with van der Waals surface area (Å²) in [5.74, 6) is -1.11. The number of benzene rings is 1. The van der Waals surface area contributed by atoms with E-state index >= 15 is 8.78 Å². The van der Waals surface area contributed by atoms with Gasteiger partial charge < -0.3 is 9.47 Å². The molecule has 0 saturated heterocycles. The van der Waals surface area contributed by atoms with Gasteiger partial charge in [-0.1, -0.05) is 18.2 Å². The second-order valence-electron chi connectivity index (χ2n) is 8.39. The number of amides is 2. The number of ether oxygens (including phenoxy) is 2. The summed E-state index contributed by atoms with van der Waals surface area (Å²) in [5, 5.41) is 2.32. The summed E-state index contributed by atoms with van der Waals surface area (Å²) < 4.78 is 42.1. The molecular formula is C25H27F2N3O4. The largest absolute Gasteiger partial charge is 0.418 e. The first kappa shape index (κ1) is 23.8. The van der Waals surface area contributed by atoms with Gasteiger partial charge in [-0.3, -0.25) is 24.4 Å². The molecule has 0 spiro atoms. The Balaban J connectivity index is 1.41. The molecule has 1 aromatic carbocycles. The van der Waals surface area contributed by atoms with Crippen LogP contribution in [0.5, 0.6) is 0 Å². The Hall–Kier alpha value is -3.30. The number of carbonyl (C=O) groups excluding carboxylic acids is 2. The van der Waals surface area contributed by atoms with E-state index in [1.54, 1.807) is 49.4 Å². The SMILES string of the molecule is COC(OC)c1ccc(C(=O)NC(=O)CCc2ccc3n2C(F)(F)N2C(=C3)C(C)=CC2C)cc1. The fourth-order valence-electron chi connectivity index (χ4n) is 4.55. The van der Waals surface area contributed by atoms with Crippen molar-refractivity contribution in [3.63, 3.8) is 0 Å². The van der Waals surface area contributed by atoms with Crippen molar-refractivity contribution >= 4 is 17.9 Å². The number of fused-ring (bicyclic) bond motifs is 2. The summed E-state index contributed by atoms with van der Waals surface area (Å²) >= 11 is 0. The number of hydrogen-bond acceptors (Lipinski definition) is 5. The molecule has 1 N–H and O–H groups in total. The molecule has 2 aliphatic rings. The molecule has 7 nitrogen and oxygen atoms in total. The number of rotatable bonds is 7. The normalized spacial score (nSPS) is 18.3. The van der Waals surface area contributed by atoms with Gasteiger partial charge in [0.1, 0.15) is 0 Å². The van der Waals surface area contributed by atoms with Gasteiger partial charge >= 0.3 is 6.17 Å². The number of methoxy groups -OCH3 is 2. The van der Waals surface area contributed by atoms with Crippen LogP contribution in [0, 0.1) is 0 Å². The number of nitrogens with one attached hydrogen (secondary N) is 1. The minimum absolute atomic E-state index is 0.0643. The highest BCUT2D eigenvalue weighted by atomic mass is 19.3. The van der Waals surface area contributed by atoms with Crippen molar-refractivity contribution in [1.29, 1.82) is 0 Å². The zero-order chi connectivity index (χ0) is 24.6. The molecule has 2 aliphatic heterocycles. The van der Waals surface area contributed by atoms with E-state index < -0.39 is 30.3 Å². The maximum absolute atomic E-state index is 15.4. The van der Waals surface area contributed by atoms with Gasteiger partial charge in [-0.2, -0.15) is 8.78 Å². The molecule has 2 aromatic rings. The minimum atomic E-state index is -3.26. The number of nitrogens with zero attached hydrogens (tertiary/aromatic N) is 2. The Labute approximate surface area is 196 Å². The van der Waals surface area contributed by atoms with Crippen LogP contribution >= 0.6 is 0 Å². The van der Waals surface area contributed by atoms with Crippen molar-refractivity contribution in [2.24, 2.45) is 0 Å². The zero-order valence-electron chi connectivity index (χ0n) is 19.5. The van der Waals surface area contributed by atoms with Crippen molar-refractivity contribution in [3.05, 3.63) is 76.3 Å². The Morgan fingerprint density at radius 2 is 1.79 bits per heavy atom. The zero-order valence-corrected chi connectivity index (χ0v) is 19.5. The van der Waals surface area contributed by atoms with Crippen LogP contribution in [-0.4, -0.2) is 41.5 Å². The van der Waals surface area contributed by atoms with Gasteiger partial charge in [-0.25, -0.2) is 0 Å².